The molecule has 1 aromatic rings. The summed E-state index contributed by atoms with van der Waals surface area (Å²) >= 11 is 0. The van der Waals surface area contributed by atoms with Gasteiger partial charge in [-0.25, -0.2) is 0 Å². The van der Waals surface area contributed by atoms with E-state index in [1.54, 1.807) is 7.11 Å². The summed E-state index contributed by atoms with van der Waals surface area (Å²) in [6, 6.07) is 7.26. The second-order valence-corrected chi connectivity index (χ2v) is 5.55. The highest BCUT2D eigenvalue weighted by Crippen LogP contribution is 2.38. The number of amides is 2. The molecule has 23 heavy (non-hydrogen) atoms. The second-order valence-electron chi connectivity index (χ2n) is 5.55. The molecule has 6 heteroatoms. The molecule has 6 nitrogen and oxygen atoms in total. The summed E-state index contributed by atoms with van der Waals surface area (Å²) < 4.78 is 10.6. The zero-order valence-corrected chi connectivity index (χ0v) is 13.6. The first-order chi connectivity index (χ1) is 11.2. The molecule has 1 aliphatic rings. The number of ether oxygens (including phenoxy) is 2. The van der Waals surface area contributed by atoms with Crippen LogP contribution in [0.25, 0.3) is 0 Å². The Balaban J connectivity index is 1.61. The average Bonchev–Trinajstić information content (AvgIpc) is 3.37. The van der Waals surface area contributed by atoms with E-state index in [9.17, 15) is 9.59 Å². The van der Waals surface area contributed by atoms with Crippen LogP contribution >= 0.6 is 0 Å². The minimum absolute atomic E-state index is 0.0125. The van der Waals surface area contributed by atoms with Gasteiger partial charge >= 0.3 is 0 Å². The average molecular weight is 320 g/mol. The zero-order chi connectivity index (χ0) is 16.7. The van der Waals surface area contributed by atoms with Gasteiger partial charge < -0.3 is 20.1 Å². The lowest BCUT2D eigenvalue weighted by Crippen LogP contribution is -2.32. The molecule has 2 N–H and O–H groups in total. The fourth-order valence-corrected chi connectivity index (χ4v) is 2.30. The van der Waals surface area contributed by atoms with Crippen molar-refractivity contribution in [2.24, 2.45) is 11.8 Å². The Morgan fingerprint density at radius 1 is 1.04 bits per heavy atom. The summed E-state index contributed by atoms with van der Waals surface area (Å²) in [6.45, 7) is 3.47. The highest BCUT2D eigenvalue weighted by molar-refractivity contribution is 5.92. The van der Waals surface area contributed by atoms with E-state index < -0.39 is 0 Å². The third-order valence-electron chi connectivity index (χ3n) is 3.74. The van der Waals surface area contributed by atoms with Gasteiger partial charge in [-0.2, -0.15) is 0 Å². The van der Waals surface area contributed by atoms with Crippen molar-refractivity contribution in [3.05, 3.63) is 24.3 Å². The predicted molar refractivity (Wildman–Crippen MR) is 86.4 cm³/mol. The van der Waals surface area contributed by atoms with Crippen molar-refractivity contribution in [2.75, 3.05) is 26.8 Å². The number of benzene rings is 1. The van der Waals surface area contributed by atoms with Crippen molar-refractivity contribution in [3.63, 3.8) is 0 Å². The van der Waals surface area contributed by atoms with Gasteiger partial charge in [-0.05, 0) is 37.1 Å². The number of methoxy groups -OCH3 is 1. The molecule has 2 amide bonds. The maximum Gasteiger partial charge on any atom is 0.224 e. The first-order valence-corrected chi connectivity index (χ1v) is 7.98. The molecule has 1 fully saturated rings. The lowest BCUT2D eigenvalue weighted by Gasteiger charge is -2.08. The fourth-order valence-electron chi connectivity index (χ4n) is 2.30. The van der Waals surface area contributed by atoms with Crippen LogP contribution < -0.4 is 20.1 Å². The Labute approximate surface area is 136 Å². The van der Waals surface area contributed by atoms with E-state index in [0.717, 1.165) is 17.9 Å². The van der Waals surface area contributed by atoms with Gasteiger partial charge in [0.15, 0.2) is 0 Å². The molecule has 1 aliphatic carbocycles. The minimum atomic E-state index is -0.187. The molecular weight excluding hydrogens is 296 g/mol. The van der Waals surface area contributed by atoms with Gasteiger partial charge in [0.2, 0.25) is 11.8 Å². The number of hydrogen-bond donors (Lipinski definition) is 2. The molecule has 2 rings (SSSR count). The van der Waals surface area contributed by atoms with E-state index in [4.69, 9.17) is 9.47 Å². The molecule has 0 spiro atoms. The number of carbonyl (C=O) groups excluding carboxylic acids is 2. The Kier molecular flexibility index (Phi) is 6.26. The van der Waals surface area contributed by atoms with Crippen molar-refractivity contribution in [1.82, 2.24) is 10.6 Å². The summed E-state index contributed by atoms with van der Waals surface area (Å²) in [6.07, 6.45) is 1.54. The van der Waals surface area contributed by atoms with Gasteiger partial charge in [0.05, 0.1) is 25.5 Å². The van der Waals surface area contributed by atoms with Gasteiger partial charge in [0, 0.05) is 6.54 Å². The maximum atomic E-state index is 11.9. The lowest BCUT2D eigenvalue weighted by molar-refractivity contribution is -0.127. The predicted octanol–water partition coefficient (Wildman–Crippen LogP) is 1.35. The van der Waals surface area contributed by atoms with E-state index in [0.29, 0.717) is 26.1 Å². The van der Waals surface area contributed by atoms with E-state index in [1.165, 1.54) is 0 Å². The van der Waals surface area contributed by atoms with E-state index in [-0.39, 0.29) is 23.7 Å². The van der Waals surface area contributed by atoms with Crippen molar-refractivity contribution < 1.29 is 19.1 Å². The normalized spacial score (nSPS) is 18.9. The smallest absolute Gasteiger partial charge is 0.224 e. The molecule has 0 aromatic heterocycles. The van der Waals surface area contributed by atoms with E-state index in [2.05, 4.69) is 10.6 Å². The lowest BCUT2D eigenvalue weighted by atomic mass is 10.2. The number of nitrogens with one attached hydrogen (secondary N) is 2. The van der Waals surface area contributed by atoms with E-state index in [1.807, 2.05) is 31.2 Å². The quantitative estimate of drug-likeness (QED) is 0.674. The molecule has 0 aliphatic heterocycles. The molecule has 0 radical (unpaired) electrons. The summed E-state index contributed by atoms with van der Waals surface area (Å²) in [5, 5.41) is 5.63. The first kappa shape index (κ1) is 17.1. The molecule has 1 aromatic carbocycles. The van der Waals surface area contributed by atoms with Gasteiger partial charge in [0.25, 0.3) is 0 Å². The topological polar surface area (TPSA) is 76.7 Å². The maximum absolute atomic E-state index is 11.9. The molecule has 0 heterocycles. The van der Waals surface area contributed by atoms with Crippen molar-refractivity contribution in [1.29, 1.82) is 0 Å². The van der Waals surface area contributed by atoms with E-state index >= 15 is 0 Å². The van der Waals surface area contributed by atoms with Gasteiger partial charge in [-0.1, -0.05) is 6.92 Å². The van der Waals surface area contributed by atoms with Crippen LogP contribution in [0.1, 0.15) is 19.8 Å². The van der Waals surface area contributed by atoms with Crippen LogP contribution in [0.2, 0.25) is 0 Å². The van der Waals surface area contributed by atoms with Crippen LogP contribution in [0.4, 0.5) is 0 Å². The summed E-state index contributed by atoms with van der Waals surface area (Å²) in [5.74, 6) is 1.06. The molecule has 0 bridgehead atoms. The Morgan fingerprint density at radius 2 is 1.61 bits per heavy atom. The van der Waals surface area contributed by atoms with Gasteiger partial charge in [0.1, 0.15) is 18.1 Å². The van der Waals surface area contributed by atoms with Crippen LogP contribution in [0.3, 0.4) is 0 Å². The van der Waals surface area contributed by atoms with Gasteiger partial charge in [-0.15, -0.1) is 0 Å². The SMILES string of the molecule is CCCNC(=O)C1CC1C(=O)NCCOc1ccc(OC)cc1. The molecule has 0 saturated heterocycles. The minimum Gasteiger partial charge on any atom is -0.497 e. The summed E-state index contributed by atoms with van der Waals surface area (Å²) in [4.78, 5) is 23.6. The first-order valence-electron chi connectivity index (χ1n) is 7.98. The van der Waals surface area contributed by atoms with Crippen LogP contribution in [0.5, 0.6) is 11.5 Å². The third-order valence-corrected chi connectivity index (χ3v) is 3.74. The molecule has 2 atom stereocenters. The highest BCUT2D eigenvalue weighted by atomic mass is 16.5. The molecule has 126 valence electrons. The Bertz CT molecular complexity index is 530. The summed E-state index contributed by atoms with van der Waals surface area (Å²) in [7, 11) is 1.61. The summed E-state index contributed by atoms with van der Waals surface area (Å²) in [5.41, 5.74) is 0. The third kappa shape index (κ3) is 5.16. The highest BCUT2D eigenvalue weighted by Gasteiger charge is 2.47. The second kappa shape index (κ2) is 8.41. The Hall–Kier alpha value is -2.24. The molecule has 1 saturated carbocycles. The van der Waals surface area contributed by atoms with Crippen molar-refractivity contribution in [3.8, 4) is 11.5 Å². The fraction of sp³-hybridized carbons (Fsp3) is 0.529. The molecule has 2 unspecified atom stereocenters. The molecular formula is C17H24N2O4. The standard InChI is InChI=1S/C17H24N2O4/c1-3-8-18-16(20)14-11-15(14)17(21)19-9-10-23-13-6-4-12(22-2)5-7-13/h4-7,14-15H,3,8-11H2,1-2H3,(H,18,20)(H,19,21). The number of carbonyl (C=O) groups is 2. The van der Waals surface area contributed by atoms with Crippen LogP contribution in [0, 0.1) is 11.8 Å². The van der Waals surface area contributed by atoms with Crippen molar-refractivity contribution in [2.45, 2.75) is 19.8 Å². The zero-order valence-electron chi connectivity index (χ0n) is 13.6. The van der Waals surface area contributed by atoms with Crippen LogP contribution in [-0.2, 0) is 9.59 Å². The number of hydrogen-bond acceptors (Lipinski definition) is 4. The van der Waals surface area contributed by atoms with Crippen LogP contribution in [-0.4, -0.2) is 38.6 Å². The monoisotopic (exact) mass is 320 g/mol. The van der Waals surface area contributed by atoms with Gasteiger partial charge in [-0.3, -0.25) is 9.59 Å². The number of rotatable bonds is 9. The van der Waals surface area contributed by atoms with Crippen LogP contribution in [0.15, 0.2) is 24.3 Å². The Morgan fingerprint density at radius 3 is 2.17 bits per heavy atom. The van der Waals surface area contributed by atoms with Crippen molar-refractivity contribution >= 4 is 11.8 Å². The largest absolute Gasteiger partial charge is 0.497 e.